The number of carbonyl (C=O) groups is 3. The molecule has 3 aromatic rings. The number of aldehydes is 1. The Bertz CT molecular complexity index is 1580. The van der Waals surface area contributed by atoms with Crippen LogP contribution in [0.5, 0.6) is 0 Å². The number of amides is 2. The molecule has 1 saturated carbocycles. The first-order chi connectivity index (χ1) is 22.2. The van der Waals surface area contributed by atoms with Crippen LogP contribution in [0.4, 0.5) is 10.1 Å². The van der Waals surface area contributed by atoms with Gasteiger partial charge >= 0.3 is 0 Å². The summed E-state index contributed by atoms with van der Waals surface area (Å²) in [4.78, 5) is 42.2. The van der Waals surface area contributed by atoms with Gasteiger partial charge in [-0.05, 0) is 62.3 Å². The number of rotatable bonds is 11. The van der Waals surface area contributed by atoms with Crippen LogP contribution in [0.15, 0.2) is 41.8 Å². The first-order valence-electron chi connectivity index (χ1n) is 16.1. The molecule has 11 heteroatoms. The molecule has 0 radical (unpaired) electrons. The van der Waals surface area contributed by atoms with E-state index in [4.69, 9.17) is 21.1 Å². The van der Waals surface area contributed by atoms with E-state index in [1.807, 2.05) is 29.2 Å². The van der Waals surface area contributed by atoms with Gasteiger partial charge in [0.1, 0.15) is 12.1 Å². The molecular weight excluding hydrogens is 629 g/mol. The van der Waals surface area contributed by atoms with Crippen molar-refractivity contribution in [2.45, 2.75) is 75.7 Å². The third kappa shape index (κ3) is 6.87. The number of carbonyl (C=O) groups excluding carboxylic acids is 3. The largest absolute Gasteiger partial charge is 0.376 e. The summed E-state index contributed by atoms with van der Waals surface area (Å²) in [5.41, 5.74) is 0.683. The highest BCUT2D eigenvalue weighted by atomic mass is 35.5. The van der Waals surface area contributed by atoms with Crippen LogP contribution in [0.25, 0.3) is 10.1 Å². The number of thiophene rings is 1. The standard InChI is InChI=1S/C35H41ClFN3O5S/c1-3-35(44-2)20-39(21-35)24-14-25(18-45-26-10-8-22(17-41)9-11-26)40(16-24)33(42)13-23-12-29(36)31(15-30(23)37)38-34(43)28-19-46-32-7-5-4-6-27(28)32/h4-7,12,15,17,19,22,24-26H,3,8-11,13-14,16,18,20-21H2,1-2H3,(H,38,43)/t22?,24-,25-,26?/m0/s1. The van der Waals surface area contributed by atoms with E-state index in [9.17, 15) is 14.4 Å². The lowest BCUT2D eigenvalue weighted by atomic mass is 9.88. The molecule has 0 bridgehead atoms. The highest BCUT2D eigenvalue weighted by Crippen LogP contribution is 2.36. The first-order valence-corrected chi connectivity index (χ1v) is 17.4. The number of ether oxygens (including phenoxy) is 2. The maximum Gasteiger partial charge on any atom is 0.257 e. The summed E-state index contributed by atoms with van der Waals surface area (Å²) in [6, 6.07) is 10.2. The number of likely N-dealkylation sites (tertiary alicyclic amines) is 2. The van der Waals surface area contributed by atoms with Gasteiger partial charge in [-0.1, -0.05) is 36.7 Å². The van der Waals surface area contributed by atoms with Gasteiger partial charge in [0.15, 0.2) is 0 Å². The molecule has 3 aliphatic rings. The van der Waals surface area contributed by atoms with Gasteiger partial charge < -0.3 is 24.5 Å². The molecule has 2 aromatic carbocycles. The van der Waals surface area contributed by atoms with Crippen LogP contribution in [0.2, 0.25) is 5.02 Å². The minimum Gasteiger partial charge on any atom is -0.376 e. The summed E-state index contributed by atoms with van der Waals surface area (Å²) in [6.45, 7) is 4.69. The summed E-state index contributed by atoms with van der Waals surface area (Å²) in [5, 5.41) is 5.50. The molecule has 1 N–H and O–H groups in total. The smallest absolute Gasteiger partial charge is 0.257 e. The number of nitrogens with zero attached hydrogens (tertiary/aromatic N) is 2. The number of nitrogens with one attached hydrogen (secondary N) is 1. The molecule has 3 heterocycles. The summed E-state index contributed by atoms with van der Waals surface area (Å²) in [6.07, 6.45) is 5.98. The minimum atomic E-state index is -0.603. The molecular formula is C35H41ClFN3O5S. The van der Waals surface area contributed by atoms with E-state index in [2.05, 4.69) is 17.1 Å². The fourth-order valence-electron chi connectivity index (χ4n) is 7.13. The van der Waals surface area contributed by atoms with Gasteiger partial charge in [0.2, 0.25) is 5.91 Å². The average molecular weight is 670 g/mol. The van der Waals surface area contributed by atoms with Crippen molar-refractivity contribution in [3.8, 4) is 0 Å². The minimum absolute atomic E-state index is 0.0727. The molecule has 1 aliphatic carbocycles. The molecule has 6 rings (SSSR count). The van der Waals surface area contributed by atoms with E-state index < -0.39 is 5.82 Å². The second-order valence-electron chi connectivity index (χ2n) is 12.9. The van der Waals surface area contributed by atoms with Crippen LogP contribution >= 0.6 is 22.9 Å². The van der Waals surface area contributed by atoms with Crippen molar-refractivity contribution in [1.82, 2.24) is 9.80 Å². The maximum absolute atomic E-state index is 15.5. The van der Waals surface area contributed by atoms with Gasteiger partial charge in [-0.3, -0.25) is 14.5 Å². The van der Waals surface area contributed by atoms with Gasteiger partial charge in [0.25, 0.3) is 5.91 Å². The lowest BCUT2D eigenvalue weighted by Crippen LogP contribution is -2.65. The molecule has 2 aliphatic heterocycles. The number of halogens is 2. The second-order valence-corrected chi connectivity index (χ2v) is 14.3. The van der Waals surface area contributed by atoms with Gasteiger partial charge in [0.05, 0.1) is 47.0 Å². The first kappa shape index (κ1) is 33.0. The highest BCUT2D eigenvalue weighted by molar-refractivity contribution is 7.17. The SMILES string of the molecule is CCC1(OC)CN([C@H]2C[C@@H](COC3CCC(C=O)CC3)N(C(=O)Cc3cc(Cl)c(NC(=O)c4csc5ccccc45)cc3F)C2)C1. The van der Waals surface area contributed by atoms with Crippen LogP contribution in [0.1, 0.15) is 61.4 Å². The monoisotopic (exact) mass is 669 g/mol. The molecule has 2 saturated heterocycles. The zero-order valence-corrected chi connectivity index (χ0v) is 27.9. The zero-order chi connectivity index (χ0) is 32.4. The van der Waals surface area contributed by atoms with Gasteiger partial charge in [-0.2, -0.15) is 0 Å². The molecule has 1 aromatic heterocycles. The molecule has 246 valence electrons. The summed E-state index contributed by atoms with van der Waals surface area (Å²) < 4.78 is 28.5. The Morgan fingerprint density at radius 2 is 1.93 bits per heavy atom. The molecule has 8 nitrogen and oxygen atoms in total. The Hall–Kier alpha value is -2.89. The van der Waals surface area contributed by atoms with Gasteiger partial charge in [-0.25, -0.2) is 4.39 Å². The predicted molar refractivity (Wildman–Crippen MR) is 178 cm³/mol. The fraction of sp³-hybridized carbons (Fsp3) is 0.514. The topological polar surface area (TPSA) is 88.2 Å². The van der Waals surface area contributed by atoms with E-state index in [0.29, 0.717) is 18.7 Å². The summed E-state index contributed by atoms with van der Waals surface area (Å²) in [7, 11) is 1.75. The summed E-state index contributed by atoms with van der Waals surface area (Å²) >= 11 is 8.00. The van der Waals surface area contributed by atoms with Crippen LogP contribution < -0.4 is 5.32 Å². The Labute approximate surface area is 278 Å². The predicted octanol–water partition coefficient (Wildman–Crippen LogP) is 6.34. The van der Waals surface area contributed by atoms with E-state index in [0.717, 1.165) is 68.0 Å². The molecule has 0 unspecified atom stereocenters. The van der Waals surface area contributed by atoms with Crippen LogP contribution in [0, 0.1) is 11.7 Å². The fourth-order valence-corrected chi connectivity index (χ4v) is 8.31. The van der Waals surface area contributed by atoms with E-state index in [1.165, 1.54) is 23.5 Å². The van der Waals surface area contributed by atoms with Crippen LogP contribution in [-0.4, -0.2) is 85.0 Å². The number of hydrogen-bond acceptors (Lipinski definition) is 7. The quantitative estimate of drug-likeness (QED) is 0.240. The molecule has 2 amide bonds. The van der Waals surface area contributed by atoms with Crippen LogP contribution in [-0.2, 0) is 25.5 Å². The van der Waals surface area contributed by atoms with Crippen molar-refractivity contribution in [2.75, 3.05) is 38.7 Å². The Morgan fingerprint density at radius 1 is 1.17 bits per heavy atom. The van der Waals surface area contributed by atoms with Gasteiger partial charge in [-0.15, -0.1) is 11.3 Å². The Kier molecular flexibility index (Phi) is 10.1. The number of anilines is 1. The molecule has 3 fully saturated rings. The van der Waals surface area contributed by atoms with Crippen molar-refractivity contribution in [1.29, 1.82) is 0 Å². The Balaban J connectivity index is 1.13. The second kappa shape index (κ2) is 14.1. The van der Waals surface area contributed by atoms with E-state index >= 15 is 4.39 Å². The zero-order valence-electron chi connectivity index (χ0n) is 26.3. The molecule has 2 atom stereocenters. The van der Waals surface area contributed by atoms with Crippen molar-refractivity contribution in [2.24, 2.45) is 5.92 Å². The normalized spacial score (nSPS) is 24.6. The van der Waals surface area contributed by atoms with Crippen LogP contribution in [0.3, 0.4) is 0 Å². The van der Waals surface area contributed by atoms with E-state index in [1.54, 1.807) is 12.5 Å². The number of hydrogen-bond donors (Lipinski definition) is 1. The number of fused-ring (bicyclic) bond motifs is 1. The highest BCUT2D eigenvalue weighted by Gasteiger charge is 2.48. The number of benzene rings is 2. The molecule has 46 heavy (non-hydrogen) atoms. The maximum atomic E-state index is 15.5. The number of methoxy groups -OCH3 is 1. The third-order valence-corrected chi connectivity index (χ3v) is 11.5. The van der Waals surface area contributed by atoms with E-state index in [-0.39, 0.29) is 64.2 Å². The lowest BCUT2D eigenvalue weighted by molar-refractivity contribution is -0.140. The molecule has 0 spiro atoms. The Morgan fingerprint density at radius 3 is 2.65 bits per heavy atom. The van der Waals surface area contributed by atoms with Crippen molar-refractivity contribution in [3.63, 3.8) is 0 Å². The van der Waals surface area contributed by atoms with Crippen molar-refractivity contribution < 1.29 is 28.2 Å². The van der Waals surface area contributed by atoms with Gasteiger partial charge in [0, 0.05) is 54.2 Å². The van der Waals surface area contributed by atoms with Crippen molar-refractivity contribution >= 4 is 56.8 Å². The lowest BCUT2D eigenvalue weighted by Gasteiger charge is -2.51. The van der Waals surface area contributed by atoms with Crippen molar-refractivity contribution in [3.05, 3.63) is 63.7 Å². The summed E-state index contributed by atoms with van der Waals surface area (Å²) in [5.74, 6) is -1.06. The third-order valence-electron chi connectivity index (χ3n) is 10.2. The average Bonchev–Trinajstić information content (AvgIpc) is 3.67.